The number of hydrogen-bond donors (Lipinski definition) is 0. The molecule has 0 radical (unpaired) electrons. The number of rotatable bonds is 30. The molecule has 0 spiro atoms. The Morgan fingerprint density at radius 2 is 1.48 bits per heavy atom. The SMILES string of the molecule is C=CCN1CCN(C(=O)OC2C=CC(C)C(C(C)=CC=CC(C)(CC3OC3C(C)C(CC)O[Si](CC)(CC)CC)O[Si](CC)(CC)CC)OC(=O)CC(O[Si](CC)(CC)CC)CCC2(C)OC(C)OCC)CC1. The van der Waals surface area contributed by atoms with Gasteiger partial charge in [0.15, 0.2) is 37.3 Å². The summed E-state index contributed by atoms with van der Waals surface area (Å²) in [5.74, 6) is -0.308. The Kier molecular flexibility index (Phi) is 27.6. The second kappa shape index (κ2) is 30.9. The van der Waals surface area contributed by atoms with Gasteiger partial charge in [0.2, 0.25) is 0 Å². The molecule has 0 aromatic carbocycles. The molecule has 2 fully saturated rings. The summed E-state index contributed by atoms with van der Waals surface area (Å²) in [6, 6.07) is 9.34. The van der Waals surface area contributed by atoms with E-state index in [1.165, 1.54) is 0 Å². The fraction of sp³-hybridized carbons (Fsp3) is 0.828. The summed E-state index contributed by atoms with van der Waals surface area (Å²) >= 11 is 0. The van der Waals surface area contributed by atoms with Crippen LogP contribution in [0.15, 0.2) is 48.6 Å². The summed E-state index contributed by atoms with van der Waals surface area (Å²) in [4.78, 5) is 32.6. The van der Waals surface area contributed by atoms with Gasteiger partial charge in [-0.1, -0.05) is 113 Å². The lowest BCUT2D eigenvalue weighted by Crippen LogP contribution is -2.52. The average Bonchev–Trinajstić information content (AvgIpc) is 4.15. The number of allylic oxidation sites excluding steroid dienone is 2. The molecule has 12 nitrogen and oxygen atoms in total. The monoisotopic (exact) mass is 1080 g/mol. The van der Waals surface area contributed by atoms with Crippen LogP contribution in [0.1, 0.15) is 150 Å². The van der Waals surface area contributed by atoms with Gasteiger partial charge in [-0.3, -0.25) is 9.69 Å². The molecular formula is C58H108N2O10Si3. The van der Waals surface area contributed by atoms with Crippen LogP contribution in [0.4, 0.5) is 4.79 Å². The van der Waals surface area contributed by atoms with Crippen LogP contribution in [-0.4, -0.2) is 140 Å². The minimum Gasteiger partial charge on any atom is -0.457 e. The molecule has 11 atom stereocenters. The number of carbonyl (C=O) groups is 2. The number of amides is 1. The molecule has 0 saturated carbocycles. The van der Waals surface area contributed by atoms with Crippen molar-refractivity contribution < 1.29 is 46.6 Å². The number of piperazine rings is 1. The predicted octanol–water partition coefficient (Wildman–Crippen LogP) is 14.0. The van der Waals surface area contributed by atoms with E-state index in [4.69, 9.17) is 37.0 Å². The van der Waals surface area contributed by atoms with Gasteiger partial charge in [-0.15, -0.1) is 6.58 Å². The first-order valence-electron chi connectivity index (χ1n) is 29.2. The Balaban J connectivity index is 2.10. The molecule has 3 rings (SSSR count). The second-order valence-corrected chi connectivity index (χ2v) is 36.3. The zero-order valence-electron chi connectivity index (χ0n) is 49.5. The van der Waals surface area contributed by atoms with E-state index in [2.05, 4.69) is 120 Å². The van der Waals surface area contributed by atoms with E-state index in [0.717, 1.165) is 92.4 Å². The number of epoxide rings is 1. The van der Waals surface area contributed by atoms with Crippen LogP contribution in [0.3, 0.4) is 0 Å². The molecule has 0 bridgehead atoms. The van der Waals surface area contributed by atoms with Gasteiger partial charge < -0.3 is 41.9 Å². The lowest BCUT2D eigenvalue weighted by molar-refractivity contribution is -0.222. The maximum absolute atomic E-state index is 14.4. The molecule has 15 heteroatoms. The molecule has 3 aliphatic heterocycles. The van der Waals surface area contributed by atoms with Crippen molar-refractivity contribution in [3.8, 4) is 0 Å². The third-order valence-electron chi connectivity index (χ3n) is 17.4. The van der Waals surface area contributed by atoms with E-state index < -0.39 is 60.8 Å². The molecule has 11 unspecified atom stereocenters. The van der Waals surface area contributed by atoms with E-state index in [0.29, 0.717) is 32.5 Å². The molecule has 0 aromatic heterocycles. The van der Waals surface area contributed by atoms with Crippen molar-refractivity contribution in [2.24, 2.45) is 11.8 Å². The molecule has 73 heavy (non-hydrogen) atoms. The molecular weight excluding hydrogens is 969 g/mol. The quantitative estimate of drug-likeness (QED) is 0.0171. The minimum atomic E-state index is -2.18. The number of esters is 1. The largest absolute Gasteiger partial charge is 0.457 e. The maximum Gasteiger partial charge on any atom is 0.410 e. The van der Waals surface area contributed by atoms with E-state index in [1.807, 2.05) is 45.9 Å². The van der Waals surface area contributed by atoms with E-state index in [9.17, 15) is 9.59 Å². The Bertz CT molecular complexity index is 1720. The highest BCUT2D eigenvalue weighted by Gasteiger charge is 2.51. The summed E-state index contributed by atoms with van der Waals surface area (Å²) < 4.78 is 54.2. The Labute approximate surface area is 449 Å². The lowest BCUT2D eigenvalue weighted by atomic mass is 9.88. The first-order valence-corrected chi connectivity index (χ1v) is 36.8. The number of nitrogens with zero attached hydrogens (tertiary/aromatic N) is 2. The van der Waals surface area contributed by atoms with Gasteiger partial charge in [0.05, 0.1) is 30.3 Å². The molecule has 0 N–H and O–H groups in total. The van der Waals surface area contributed by atoms with Gasteiger partial charge in [0.1, 0.15) is 11.7 Å². The van der Waals surface area contributed by atoms with Crippen LogP contribution in [0.2, 0.25) is 54.4 Å². The van der Waals surface area contributed by atoms with Gasteiger partial charge in [-0.05, 0) is 120 Å². The highest BCUT2D eigenvalue weighted by Crippen LogP contribution is 2.43. The third kappa shape index (κ3) is 18.9. The van der Waals surface area contributed by atoms with Crippen LogP contribution < -0.4 is 0 Å². The number of ether oxygens (including phenoxy) is 5. The number of hydrogen-bond acceptors (Lipinski definition) is 11. The summed E-state index contributed by atoms with van der Waals surface area (Å²) in [7, 11) is -6.04. The highest BCUT2D eigenvalue weighted by atomic mass is 28.4. The van der Waals surface area contributed by atoms with Crippen molar-refractivity contribution in [3.63, 3.8) is 0 Å². The van der Waals surface area contributed by atoms with Crippen LogP contribution >= 0.6 is 0 Å². The summed E-state index contributed by atoms with van der Waals surface area (Å²) in [6.45, 7) is 44.8. The van der Waals surface area contributed by atoms with Gasteiger partial charge in [-0.25, -0.2) is 4.79 Å². The van der Waals surface area contributed by atoms with Crippen molar-refractivity contribution in [3.05, 3.63) is 48.6 Å². The first-order chi connectivity index (χ1) is 34.6. The maximum atomic E-state index is 14.4. The second-order valence-electron chi connectivity index (χ2n) is 22.2. The van der Waals surface area contributed by atoms with E-state index in [-0.39, 0.29) is 48.6 Å². The molecule has 3 aliphatic rings. The molecule has 0 aromatic rings. The molecule has 3 heterocycles. The van der Waals surface area contributed by atoms with Gasteiger partial charge >= 0.3 is 12.1 Å². The number of cyclic esters (lactones) is 1. The average molecular weight is 1080 g/mol. The van der Waals surface area contributed by atoms with Gasteiger partial charge in [0.25, 0.3) is 0 Å². The Morgan fingerprint density at radius 1 is 0.890 bits per heavy atom. The van der Waals surface area contributed by atoms with Crippen molar-refractivity contribution in [1.29, 1.82) is 0 Å². The van der Waals surface area contributed by atoms with E-state index >= 15 is 0 Å². The van der Waals surface area contributed by atoms with Crippen LogP contribution in [0, 0.1) is 11.8 Å². The Hall–Kier alpha value is -1.93. The van der Waals surface area contributed by atoms with Gasteiger partial charge in [0, 0.05) is 63.7 Å². The molecule has 1 amide bonds. The summed E-state index contributed by atoms with van der Waals surface area (Å²) in [6.07, 6.45) is 12.7. The Morgan fingerprint density at radius 3 is 2.01 bits per heavy atom. The van der Waals surface area contributed by atoms with Crippen LogP contribution in [-0.2, 0) is 41.8 Å². The fourth-order valence-electron chi connectivity index (χ4n) is 11.5. The molecule has 2 saturated heterocycles. The first kappa shape index (κ1) is 65.4. The van der Waals surface area contributed by atoms with Crippen molar-refractivity contribution in [1.82, 2.24) is 9.80 Å². The van der Waals surface area contributed by atoms with Crippen LogP contribution in [0.5, 0.6) is 0 Å². The van der Waals surface area contributed by atoms with Crippen LogP contribution in [0.25, 0.3) is 0 Å². The van der Waals surface area contributed by atoms with E-state index in [1.54, 1.807) is 4.90 Å². The normalized spacial score (nSPS) is 27.4. The third-order valence-corrected chi connectivity index (χ3v) is 31.6. The number of carbonyl (C=O) groups excluding carboxylic acids is 2. The van der Waals surface area contributed by atoms with Crippen molar-refractivity contribution in [2.45, 2.75) is 258 Å². The molecule has 0 aliphatic carbocycles. The zero-order valence-corrected chi connectivity index (χ0v) is 52.5. The topological polar surface area (TPSA) is 118 Å². The minimum absolute atomic E-state index is 0.0724. The standard InChI is InChI=1S/C58H108N2O10Si3/c1-19-38-59-39-41-60(42-40-59)56(62)65-52-34-33-46(14)54(66-53(61)43-49(68-71(22-4,23-5)24-6)35-37-58(52,18)67-48(16)63-21-3)45(13)32-31-36-57(17,70-73(28-10,29-11)30-12)44-51-55(64-51)47(15)50(20-2)69-72(25-7,26-8)27-9/h19,31-34,36,46-52,54-55H,1,20-30,35,37-44H2,2-18H3. The predicted molar refractivity (Wildman–Crippen MR) is 308 cm³/mol. The molecule has 422 valence electrons. The smallest absolute Gasteiger partial charge is 0.410 e. The van der Waals surface area contributed by atoms with Crippen molar-refractivity contribution >= 4 is 37.0 Å². The van der Waals surface area contributed by atoms with Crippen molar-refractivity contribution in [2.75, 3.05) is 39.3 Å². The summed E-state index contributed by atoms with van der Waals surface area (Å²) in [5.41, 5.74) is -0.704. The fourth-order valence-corrected chi connectivity index (χ4v) is 20.5. The highest BCUT2D eigenvalue weighted by molar-refractivity contribution is 6.74. The lowest BCUT2D eigenvalue weighted by Gasteiger charge is -2.41. The summed E-state index contributed by atoms with van der Waals surface area (Å²) in [5, 5.41) is 0. The zero-order chi connectivity index (χ0) is 54.6. The van der Waals surface area contributed by atoms with Gasteiger partial charge in [-0.2, -0.15) is 0 Å².